The van der Waals surface area contributed by atoms with Crippen LogP contribution >= 0.6 is 0 Å². The van der Waals surface area contributed by atoms with Gasteiger partial charge in [-0.1, -0.05) is 81.8 Å². The van der Waals surface area contributed by atoms with Crippen LogP contribution in [0.25, 0.3) is 0 Å². The van der Waals surface area contributed by atoms with Crippen LogP contribution in [0.2, 0.25) is 0 Å². The van der Waals surface area contributed by atoms with Gasteiger partial charge in [0, 0.05) is 19.8 Å². The molecule has 30 heavy (non-hydrogen) atoms. The van der Waals surface area contributed by atoms with E-state index in [0.717, 1.165) is 0 Å². The molecule has 2 rings (SSSR count). The molecule has 0 aliphatic rings. The highest BCUT2D eigenvalue weighted by Crippen LogP contribution is 2.15. The highest BCUT2D eigenvalue weighted by molar-refractivity contribution is 5.88. The lowest BCUT2D eigenvalue weighted by molar-refractivity contribution is 0.0333. The molecular formula is C25H36N2O3. The monoisotopic (exact) mass is 412 g/mol. The topological polar surface area (TPSA) is 50.8 Å². The summed E-state index contributed by atoms with van der Waals surface area (Å²) in [5.41, 5.74) is 0.700. The quantitative estimate of drug-likeness (QED) is 0.327. The molecule has 0 saturated heterocycles. The first-order valence-corrected chi connectivity index (χ1v) is 10.3. The van der Waals surface area contributed by atoms with Crippen LogP contribution in [-0.4, -0.2) is 38.4 Å². The van der Waals surface area contributed by atoms with Gasteiger partial charge in [-0.2, -0.15) is 0 Å². The van der Waals surface area contributed by atoms with Crippen molar-refractivity contribution in [3.8, 4) is 18.1 Å². The number of anilines is 1. The third-order valence-electron chi connectivity index (χ3n) is 3.63. The summed E-state index contributed by atoms with van der Waals surface area (Å²) in [7, 11) is 3.35. The number of unbranched alkanes of at least 4 members (excludes halogenated alkanes) is 3. The molecule has 2 aromatic rings. The van der Waals surface area contributed by atoms with Crippen LogP contribution in [0, 0.1) is 12.3 Å². The molecule has 2 amide bonds. The Morgan fingerprint density at radius 1 is 0.967 bits per heavy atom. The van der Waals surface area contributed by atoms with E-state index in [1.165, 1.54) is 30.6 Å². The van der Waals surface area contributed by atoms with Crippen molar-refractivity contribution in [2.75, 3.05) is 32.8 Å². The lowest BCUT2D eigenvalue weighted by Gasteiger charge is -2.12. The first kappa shape index (κ1) is 27.0. The van der Waals surface area contributed by atoms with Crippen LogP contribution in [-0.2, 0) is 4.74 Å². The lowest BCUT2D eigenvalue weighted by atomic mass is 10.2. The van der Waals surface area contributed by atoms with Crippen molar-refractivity contribution in [1.82, 2.24) is 4.90 Å². The minimum absolute atomic E-state index is 0.105. The molecule has 164 valence electrons. The summed E-state index contributed by atoms with van der Waals surface area (Å²) in [6.07, 6.45) is 10.6. The van der Waals surface area contributed by atoms with E-state index in [0.29, 0.717) is 11.4 Å². The number of rotatable bonds is 8. The highest BCUT2D eigenvalue weighted by Gasteiger charge is 2.03. The summed E-state index contributed by atoms with van der Waals surface area (Å²) in [5.74, 6) is 2.99. The van der Waals surface area contributed by atoms with E-state index in [9.17, 15) is 4.79 Å². The third kappa shape index (κ3) is 16.0. The fraction of sp³-hybridized carbons (Fsp3) is 0.400. The molecule has 0 radical (unpaired) electrons. The molecule has 0 atom stereocenters. The summed E-state index contributed by atoms with van der Waals surface area (Å²) in [4.78, 5) is 12.8. The van der Waals surface area contributed by atoms with Crippen LogP contribution in [0.15, 0.2) is 60.7 Å². The molecule has 0 unspecified atom stereocenters. The van der Waals surface area contributed by atoms with Crippen molar-refractivity contribution in [3.05, 3.63) is 60.7 Å². The predicted octanol–water partition coefficient (Wildman–Crippen LogP) is 6.04. The molecule has 0 heterocycles. The number of nitrogens with zero attached hydrogens (tertiary/aromatic N) is 1. The van der Waals surface area contributed by atoms with Gasteiger partial charge in [0.25, 0.3) is 0 Å². The predicted molar refractivity (Wildman–Crippen MR) is 126 cm³/mol. The second-order valence-corrected chi connectivity index (χ2v) is 6.53. The van der Waals surface area contributed by atoms with Gasteiger partial charge in [0.1, 0.15) is 12.4 Å². The molecule has 5 nitrogen and oxygen atoms in total. The van der Waals surface area contributed by atoms with Gasteiger partial charge in [-0.25, -0.2) is 4.79 Å². The second-order valence-electron chi connectivity index (χ2n) is 6.53. The van der Waals surface area contributed by atoms with E-state index in [-0.39, 0.29) is 19.4 Å². The van der Waals surface area contributed by atoms with Gasteiger partial charge in [-0.05, 0) is 24.3 Å². The van der Waals surface area contributed by atoms with E-state index in [2.05, 4.69) is 25.1 Å². The largest absolute Gasteiger partial charge is 0.468 e. The average molecular weight is 413 g/mol. The van der Waals surface area contributed by atoms with E-state index in [1.807, 2.05) is 36.4 Å². The van der Waals surface area contributed by atoms with Crippen LogP contribution < -0.4 is 10.1 Å². The van der Waals surface area contributed by atoms with Gasteiger partial charge in [-0.15, -0.1) is 6.42 Å². The van der Waals surface area contributed by atoms with E-state index in [1.54, 1.807) is 38.4 Å². The number of amides is 2. The maximum atomic E-state index is 11.4. The Balaban J connectivity index is 0.000000568. The van der Waals surface area contributed by atoms with Crippen LogP contribution in [0.4, 0.5) is 10.5 Å². The molecule has 1 N–H and O–H groups in total. The summed E-state index contributed by atoms with van der Waals surface area (Å²) >= 11 is 0. The van der Waals surface area contributed by atoms with Crippen LogP contribution in [0.3, 0.4) is 0 Å². The Labute approximate surface area is 182 Å². The zero-order valence-electron chi connectivity index (χ0n) is 18.8. The van der Waals surface area contributed by atoms with Gasteiger partial charge >= 0.3 is 6.03 Å². The van der Waals surface area contributed by atoms with Gasteiger partial charge < -0.3 is 19.7 Å². The number of terminal acetylenes is 1. The number of hydrogen-bond donors (Lipinski definition) is 1. The minimum Gasteiger partial charge on any atom is -0.468 e. The smallest absolute Gasteiger partial charge is 0.321 e. The number of ether oxygens (including phenoxy) is 2. The van der Waals surface area contributed by atoms with Gasteiger partial charge in [-0.3, -0.25) is 0 Å². The number of nitrogens with one attached hydrogen (secondary N) is 1. The molecule has 0 bridgehead atoms. The summed E-state index contributed by atoms with van der Waals surface area (Å²) in [6.45, 7) is 4.79. The molecule has 0 spiro atoms. The molecule has 2 aromatic carbocycles. The number of carbonyl (C=O) groups is 1. The van der Waals surface area contributed by atoms with Crippen molar-refractivity contribution in [1.29, 1.82) is 0 Å². The van der Waals surface area contributed by atoms with Crippen molar-refractivity contribution in [2.24, 2.45) is 0 Å². The Bertz CT molecular complexity index is 649. The van der Waals surface area contributed by atoms with Crippen molar-refractivity contribution in [2.45, 2.75) is 39.5 Å². The summed E-state index contributed by atoms with van der Waals surface area (Å²) in [5, 5.41) is 2.72. The molecule has 0 fully saturated rings. The first-order chi connectivity index (χ1) is 14.5. The van der Waals surface area contributed by atoms with Gasteiger partial charge in [0.2, 0.25) is 0 Å². The maximum Gasteiger partial charge on any atom is 0.321 e. The standard InChI is InChI=1S/C13H16N2O3.C6H6.C6H14/c1-4-9-17-10-18-12-7-5-11(6-8-12)14-13(16)15(2)3;1-2-4-6-5-3-1;1-3-5-6-4-2/h1,5-8H,9-10H2,2-3H3,(H,14,16);1-6H;3-6H2,1-2H3. The Kier molecular flexibility index (Phi) is 17.4. The van der Waals surface area contributed by atoms with Gasteiger partial charge in [0.15, 0.2) is 6.79 Å². The summed E-state index contributed by atoms with van der Waals surface area (Å²) in [6, 6.07) is 18.8. The van der Waals surface area contributed by atoms with Crippen LogP contribution in [0.5, 0.6) is 5.75 Å². The van der Waals surface area contributed by atoms with Crippen LogP contribution in [0.1, 0.15) is 39.5 Å². The Morgan fingerprint density at radius 2 is 1.47 bits per heavy atom. The zero-order chi connectivity index (χ0) is 22.5. The summed E-state index contributed by atoms with van der Waals surface area (Å²) < 4.78 is 10.3. The Hall–Kier alpha value is -2.97. The second kappa shape index (κ2) is 19.4. The van der Waals surface area contributed by atoms with Crippen molar-refractivity contribution >= 4 is 11.7 Å². The number of urea groups is 1. The zero-order valence-corrected chi connectivity index (χ0v) is 18.8. The normalized spacial score (nSPS) is 9.03. The van der Waals surface area contributed by atoms with E-state index in [4.69, 9.17) is 15.9 Å². The third-order valence-corrected chi connectivity index (χ3v) is 3.63. The fourth-order valence-corrected chi connectivity index (χ4v) is 1.96. The number of benzene rings is 2. The Morgan fingerprint density at radius 3 is 1.87 bits per heavy atom. The molecule has 5 heteroatoms. The molecule has 0 aliphatic carbocycles. The van der Waals surface area contributed by atoms with E-state index >= 15 is 0 Å². The first-order valence-electron chi connectivity index (χ1n) is 10.3. The fourth-order valence-electron chi connectivity index (χ4n) is 1.96. The van der Waals surface area contributed by atoms with Crippen molar-refractivity contribution in [3.63, 3.8) is 0 Å². The molecule has 0 aromatic heterocycles. The molecular weight excluding hydrogens is 376 g/mol. The average Bonchev–Trinajstić information content (AvgIpc) is 2.78. The lowest BCUT2D eigenvalue weighted by Crippen LogP contribution is -2.27. The SMILES string of the molecule is C#CCOCOc1ccc(NC(=O)N(C)C)cc1.CCCCCC.c1ccccc1. The molecule has 0 aliphatic heterocycles. The number of carbonyl (C=O) groups excluding carboxylic acids is 1. The molecule has 0 saturated carbocycles. The maximum absolute atomic E-state index is 11.4. The van der Waals surface area contributed by atoms with Crippen molar-refractivity contribution < 1.29 is 14.3 Å². The van der Waals surface area contributed by atoms with E-state index < -0.39 is 0 Å². The number of hydrogen-bond acceptors (Lipinski definition) is 3. The highest BCUT2D eigenvalue weighted by atomic mass is 16.7. The van der Waals surface area contributed by atoms with Gasteiger partial charge in [0.05, 0.1) is 0 Å². The minimum atomic E-state index is -0.180.